The number of benzene rings is 2. The first-order chi connectivity index (χ1) is 12.2. The van der Waals surface area contributed by atoms with E-state index in [4.69, 9.17) is 11.6 Å². The zero-order valence-electron chi connectivity index (χ0n) is 13.1. The number of nitrogens with zero attached hydrogens (tertiary/aromatic N) is 1. The highest BCUT2D eigenvalue weighted by atomic mass is 35.5. The maximum atomic E-state index is 12.7. The SMILES string of the molecule is O=C(CCNc1ccc(C(F)(F)F)cc1[N+](=O)[O-])Nc1ccccc1Cl. The highest BCUT2D eigenvalue weighted by Gasteiger charge is 2.33. The summed E-state index contributed by atoms with van der Waals surface area (Å²) < 4.78 is 38.0. The van der Waals surface area contributed by atoms with Gasteiger partial charge in [0.2, 0.25) is 5.91 Å². The predicted molar refractivity (Wildman–Crippen MR) is 91.3 cm³/mol. The van der Waals surface area contributed by atoms with E-state index in [0.29, 0.717) is 16.8 Å². The smallest absolute Gasteiger partial charge is 0.379 e. The van der Waals surface area contributed by atoms with Gasteiger partial charge in [0, 0.05) is 19.0 Å². The Kier molecular flexibility index (Phi) is 6.04. The van der Waals surface area contributed by atoms with Gasteiger partial charge in [0.15, 0.2) is 0 Å². The van der Waals surface area contributed by atoms with Crippen LogP contribution in [0.1, 0.15) is 12.0 Å². The molecule has 0 saturated heterocycles. The number of carbonyl (C=O) groups excluding carboxylic acids is 1. The van der Waals surface area contributed by atoms with Gasteiger partial charge in [-0.2, -0.15) is 13.2 Å². The van der Waals surface area contributed by atoms with Crippen molar-refractivity contribution in [3.8, 4) is 0 Å². The van der Waals surface area contributed by atoms with Crippen LogP contribution in [-0.4, -0.2) is 17.4 Å². The second-order valence-electron chi connectivity index (χ2n) is 5.19. The molecule has 138 valence electrons. The van der Waals surface area contributed by atoms with Crippen molar-refractivity contribution in [2.45, 2.75) is 12.6 Å². The van der Waals surface area contributed by atoms with E-state index < -0.39 is 28.3 Å². The molecule has 6 nitrogen and oxygen atoms in total. The zero-order valence-corrected chi connectivity index (χ0v) is 13.9. The third kappa shape index (κ3) is 5.09. The Morgan fingerprint density at radius 1 is 1.15 bits per heavy atom. The molecule has 0 heterocycles. The van der Waals surface area contributed by atoms with Crippen LogP contribution in [0.15, 0.2) is 42.5 Å². The lowest BCUT2D eigenvalue weighted by Gasteiger charge is -2.11. The zero-order chi connectivity index (χ0) is 19.3. The molecule has 0 spiro atoms. The topological polar surface area (TPSA) is 84.3 Å². The summed E-state index contributed by atoms with van der Waals surface area (Å²) >= 11 is 5.91. The van der Waals surface area contributed by atoms with Crippen molar-refractivity contribution >= 4 is 34.6 Å². The molecule has 2 rings (SSSR count). The van der Waals surface area contributed by atoms with Crippen LogP contribution in [0.3, 0.4) is 0 Å². The molecule has 0 bridgehead atoms. The fourth-order valence-electron chi connectivity index (χ4n) is 2.09. The van der Waals surface area contributed by atoms with Crippen LogP contribution in [0.5, 0.6) is 0 Å². The van der Waals surface area contributed by atoms with Gasteiger partial charge in [-0.25, -0.2) is 0 Å². The molecule has 2 N–H and O–H groups in total. The monoisotopic (exact) mass is 387 g/mol. The Morgan fingerprint density at radius 2 is 1.85 bits per heavy atom. The van der Waals surface area contributed by atoms with Gasteiger partial charge in [0.25, 0.3) is 5.69 Å². The predicted octanol–water partition coefficient (Wildman–Crippen LogP) is 4.71. The summed E-state index contributed by atoms with van der Waals surface area (Å²) in [6, 6.07) is 8.74. The first kappa shape index (κ1) is 19.5. The molecule has 0 aliphatic heterocycles. The minimum Gasteiger partial charge on any atom is -0.379 e. The Labute approximate surface area is 151 Å². The van der Waals surface area contributed by atoms with Crippen LogP contribution in [0.25, 0.3) is 0 Å². The molecule has 0 radical (unpaired) electrons. The molecule has 2 aromatic rings. The summed E-state index contributed by atoms with van der Waals surface area (Å²) in [5, 5.41) is 16.5. The van der Waals surface area contributed by atoms with Crippen LogP contribution in [0, 0.1) is 10.1 Å². The Balaban J connectivity index is 2.00. The molecule has 1 amide bonds. The third-order valence-electron chi connectivity index (χ3n) is 3.34. The van der Waals surface area contributed by atoms with E-state index in [1.54, 1.807) is 24.3 Å². The molecule has 0 saturated carbocycles. The molecule has 0 aromatic heterocycles. The number of anilines is 2. The summed E-state index contributed by atoms with van der Waals surface area (Å²) in [6.07, 6.45) is -4.75. The highest BCUT2D eigenvalue weighted by Crippen LogP contribution is 2.34. The lowest BCUT2D eigenvalue weighted by molar-refractivity contribution is -0.384. The van der Waals surface area contributed by atoms with Crippen molar-refractivity contribution in [1.82, 2.24) is 0 Å². The number of para-hydroxylation sites is 1. The van der Waals surface area contributed by atoms with Gasteiger partial charge in [-0.05, 0) is 24.3 Å². The average Bonchev–Trinajstić information content (AvgIpc) is 2.56. The Bertz CT molecular complexity index is 828. The number of hydrogen-bond donors (Lipinski definition) is 2. The van der Waals surface area contributed by atoms with Crippen molar-refractivity contribution in [1.29, 1.82) is 0 Å². The van der Waals surface area contributed by atoms with Crippen LogP contribution in [0.2, 0.25) is 5.02 Å². The largest absolute Gasteiger partial charge is 0.416 e. The Morgan fingerprint density at radius 3 is 2.46 bits per heavy atom. The molecule has 2 aromatic carbocycles. The molecule has 0 atom stereocenters. The first-order valence-corrected chi connectivity index (χ1v) is 7.70. The molecular weight excluding hydrogens is 375 g/mol. The quantitative estimate of drug-likeness (QED) is 0.555. The molecule has 0 aliphatic rings. The van der Waals surface area contributed by atoms with E-state index in [0.717, 1.165) is 12.1 Å². The lowest BCUT2D eigenvalue weighted by Crippen LogP contribution is -2.17. The van der Waals surface area contributed by atoms with Crippen molar-refractivity contribution < 1.29 is 22.9 Å². The second kappa shape index (κ2) is 8.05. The standard InChI is InChI=1S/C16H13ClF3N3O3/c17-11-3-1-2-4-12(11)22-15(24)7-8-21-13-6-5-10(16(18,19)20)9-14(13)23(25)26/h1-6,9,21H,7-8H2,(H,22,24). The van der Waals surface area contributed by atoms with Crippen molar-refractivity contribution in [2.24, 2.45) is 0 Å². The summed E-state index contributed by atoms with van der Waals surface area (Å²) in [5.41, 5.74) is -1.52. The number of nitro groups is 1. The number of halogens is 4. The third-order valence-corrected chi connectivity index (χ3v) is 3.67. The Hall–Kier alpha value is -2.81. The number of hydrogen-bond acceptors (Lipinski definition) is 4. The number of carbonyl (C=O) groups is 1. The highest BCUT2D eigenvalue weighted by molar-refractivity contribution is 6.33. The number of rotatable bonds is 6. The molecular formula is C16H13ClF3N3O3. The minimum absolute atomic E-state index is 0.0114. The summed E-state index contributed by atoms with van der Waals surface area (Å²) in [6.45, 7) is -0.0114. The van der Waals surface area contributed by atoms with Gasteiger partial charge < -0.3 is 10.6 Å². The molecule has 0 aliphatic carbocycles. The summed E-state index contributed by atoms with van der Waals surface area (Å²) in [5.74, 6) is -0.403. The van der Waals surface area contributed by atoms with Gasteiger partial charge in [0.05, 0.1) is 21.2 Å². The van der Waals surface area contributed by atoms with Crippen molar-refractivity contribution in [2.75, 3.05) is 17.2 Å². The molecule has 0 fully saturated rings. The van der Waals surface area contributed by atoms with Crippen LogP contribution >= 0.6 is 11.6 Å². The number of nitrogens with one attached hydrogen (secondary N) is 2. The first-order valence-electron chi connectivity index (χ1n) is 7.32. The summed E-state index contributed by atoms with van der Waals surface area (Å²) in [7, 11) is 0. The van der Waals surface area contributed by atoms with E-state index in [2.05, 4.69) is 10.6 Å². The average molecular weight is 388 g/mol. The molecule has 0 unspecified atom stereocenters. The minimum atomic E-state index is -4.68. The van der Waals surface area contributed by atoms with Crippen LogP contribution in [0.4, 0.5) is 30.2 Å². The van der Waals surface area contributed by atoms with Crippen molar-refractivity contribution in [3.05, 3.63) is 63.2 Å². The van der Waals surface area contributed by atoms with Gasteiger partial charge in [-0.1, -0.05) is 23.7 Å². The van der Waals surface area contributed by atoms with E-state index in [1.165, 1.54) is 0 Å². The van der Waals surface area contributed by atoms with Crippen molar-refractivity contribution in [3.63, 3.8) is 0 Å². The van der Waals surface area contributed by atoms with Gasteiger partial charge in [-0.3, -0.25) is 14.9 Å². The number of amides is 1. The van der Waals surface area contributed by atoms with E-state index in [-0.39, 0.29) is 18.7 Å². The fraction of sp³-hybridized carbons (Fsp3) is 0.188. The lowest BCUT2D eigenvalue weighted by atomic mass is 10.1. The molecule has 10 heteroatoms. The number of alkyl halides is 3. The maximum Gasteiger partial charge on any atom is 0.416 e. The molecule has 26 heavy (non-hydrogen) atoms. The maximum absolute atomic E-state index is 12.7. The van der Waals surface area contributed by atoms with E-state index in [9.17, 15) is 28.1 Å². The van der Waals surface area contributed by atoms with Crippen LogP contribution < -0.4 is 10.6 Å². The number of nitro benzene ring substituents is 1. The van der Waals surface area contributed by atoms with E-state index >= 15 is 0 Å². The van der Waals surface area contributed by atoms with Gasteiger partial charge in [-0.15, -0.1) is 0 Å². The van der Waals surface area contributed by atoms with Gasteiger partial charge in [0.1, 0.15) is 5.69 Å². The van der Waals surface area contributed by atoms with E-state index in [1.807, 2.05) is 0 Å². The van der Waals surface area contributed by atoms with Crippen LogP contribution in [-0.2, 0) is 11.0 Å². The fourth-order valence-corrected chi connectivity index (χ4v) is 2.28. The second-order valence-corrected chi connectivity index (χ2v) is 5.60. The summed E-state index contributed by atoms with van der Waals surface area (Å²) in [4.78, 5) is 21.9. The van der Waals surface area contributed by atoms with Gasteiger partial charge >= 0.3 is 6.18 Å². The normalized spacial score (nSPS) is 11.1.